The van der Waals surface area contributed by atoms with E-state index in [0.717, 1.165) is 32.3 Å². The molecule has 16 heavy (non-hydrogen) atoms. The Morgan fingerprint density at radius 2 is 1.94 bits per heavy atom. The largest absolute Gasteiger partial charge is 0.381 e. The molecule has 0 radical (unpaired) electrons. The monoisotopic (exact) mass is 227 g/mol. The molecule has 94 valence electrons. The first kappa shape index (κ1) is 12.3. The number of nitrogens with one attached hydrogen (secondary N) is 1. The molecule has 0 spiro atoms. The molecule has 3 nitrogen and oxygen atoms in total. The molecule has 0 amide bonds. The van der Waals surface area contributed by atoms with Crippen LogP contribution in [0.5, 0.6) is 0 Å². The predicted molar refractivity (Wildman–Crippen MR) is 64.6 cm³/mol. The molecule has 0 saturated carbocycles. The van der Waals surface area contributed by atoms with Crippen molar-refractivity contribution < 1.29 is 9.47 Å². The van der Waals surface area contributed by atoms with Crippen molar-refractivity contribution in [1.82, 2.24) is 5.32 Å². The summed E-state index contributed by atoms with van der Waals surface area (Å²) in [5.74, 6) is 0.747. The minimum Gasteiger partial charge on any atom is -0.381 e. The lowest BCUT2D eigenvalue weighted by Gasteiger charge is -2.38. The molecule has 2 aliphatic rings. The van der Waals surface area contributed by atoms with Gasteiger partial charge in [0.1, 0.15) is 0 Å². The Balaban J connectivity index is 1.91. The van der Waals surface area contributed by atoms with E-state index < -0.39 is 0 Å². The van der Waals surface area contributed by atoms with Crippen LogP contribution < -0.4 is 5.32 Å². The van der Waals surface area contributed by atoms with Crippen molar-refractivity contribution in [2.75, 3.05) is 26.4 Å². The fourth-order valence-corrected chi connectivity index (χ4v) is 2.96. The maximum Gasteiger partial charge on any atom is 0.0730 e. The molecule has 2 saturated heterocycles. The van der Waals surface area contributed by atoms with Gasteiger partial charge in [0.2, 0.25) is 0 Å². The summed E-state index contributed by atoms with van der Waals surface area (Å²) in [5.41, 5.74) is 0. The van der Waals surface area contributed by atoms with E-state index in [0.29, 0.717) is 12.1 Å². The highest BCUT2D eigenvalue weighted by Gasteiger charge is 2.31. The Morgan fingerprint density at radius 1 is 1.12 bits per heavy atom. The van der Waals surface area contributed by atoms with Crippen molar-refractivity contribution in [3.8, 4) is 0 Å². The van der Waals surface area contributed by atoms with Crippen molar-refractivity contribution in [3.63, 3.8) is 0 Å². The summed E-state index contributed by atoms with van der Waals surface area (Å²) in [4.78, 5) is 0. The average Bonchev–Trinajstić information content (AvgIpc) is 2.38. The van der Waals surface area contributed by atoms with Gasteiger partial charge in [0, 0.05) is 25.9 Å². The van der Waals surface area contributed by atoms with Crippen molar-refractivity contribution in [1.29, 1.82) is 0 Å². The summed E-state index contributed by atoms with van der Waals surface area (Å²) in [6, 6.07) is 0.550. The number of rotatable bonds is 4. The smallest absolute Gasteiger partial charge is 0.0730 e. The molecule has 0 aliphatic carbocycles. The van der Waals surface area contributed by atoms with Crippen molar-refractivity contribution in [3.05, 3.63) is 0 Å². The van der Waals surface area contributed by atoms with Gasteiger partial charge in [0.15, 0.2) is 0 Å². The zero-order chi connectivity index (χ0) is 11.2. The van der Waals surface area contributed by atoms with Gasteiger partial charge in [-0.2, -0.15) is 0 Å². The number of ether oxygens (including phenoxy) is 2. The zero-order valence-corrected chi connectivity index (χ0v) is 10.4. The van der Waals surface area contributed by atoms with Gasteiger partial charge in [-0.15, -0.1) is 0 Å². The first-order valence-corrected chi connectivity index (χ1v) is 6.84. The highest BCUT2D eigenvalue weighted by molar-refractivity contribution is 4.86. The summed E-state index contributed by atoms with van der Waals surface area (Å²) in [7, 11) is 0. The van der Waals surface area contributed by atoms with E-state index in [1.807, 2.05) is 0 Å². The van der Waals surface area contributed by atoms with Gasteiger partial charge in [-0.3, -0.25) is 0 Å². The molecule has 3 heteroatoms. The summed E-state index contributed by atoms with van der Waals surface area (Å²) < 4.78 is 11.4. The van der Waals surface area contributed by atoms with Crippen molar-refractivity contribution in [2.45, 2.75) is 51.2 Å². The van der Waals surface area contributed by atoms with Gasteiger partial charge in [0.25, 0.3) is 0 Å². The van der Waals surface area contributed by atoms with E-state index in [4.69, 9.17) is 9.47 Å². The summed E-state index contributed by atoms with van der Waals surface area (Å²) in [6.45, 7) is 6.05. The standard InChI is InChI=1S/C13H25NO2/c1-2-14-13(11-6-9-15-10-7-11)12-5-3-4-8-16-12/h11-14H,2-10H2,1H3. The molecule has 0 bridgehead atoms. The van der Waals surface area contributed by atoms with E-state index in [1.165, 1.54) is 32.1 Å². The van der Waals surface area contributed by atoms with Gasteiger partial charge >= 0.3 is 0 Å². The fraction of sp³-hybridized carbons (Fsp3) is 1.00. The van der Waals surface area contributed by atoms with Gasteiger partial charge < -0.3 is 14.8 Å². The van der Waals surface area contributed by atoms with Gasteiger partial charge in [-0.05, 0) is 44.6 Å². The van der Waals surface area contributed by atoms with Crippen LogP contribution in [0, 0.1) is 5.92 Å². The van der Waals surface area contributed by atoms with Crippen LogP contribution in [0.4, 0.5) is 0 Å². The zero-order valence-electron chi connectivity index (χ0n) is 10.4. The van der Waals surface area contributed by atoms with E-state index in [2.05, 4.69) is 12.2 Å². The molecular weight excluding hydrogens is 202 g/mol. The Bertz CT molecular complexity index is 168. The van der Waals surface area contributed by atoms with Crippen LogP contribution in [0.3, 0.4) is 0 Å². The van der Waals surface area contributed by atoms with Crippen LogP contribution in [0.15, 0.2) is 0 Å². The molecule has 2 rings (SSSR count). The number of hydrogen-bond donors (Lipinski definition) is 1. The van der Waals surface area contributed by atoms with Gasteiger partial charge in [-0.25, -0.2) is 0 Å². The molecule has 0 aromatic heterocycles. The second-order valence-corrected chi connectivity index (χ2v) is 4.94. The predicted octanol–water partition coefficient (Wildman–Crippen LogP) is 1.96. The molecule has 2 fully saturated rings. The van der Waals surface area contributed by atoms with Crippen LogP contribution >= 0.6 is 0 Å². The molecule has 0 aromatic carbocycles. The van der Waals surface area contributed by atoms with E-state index in [-0.39, 0.29) is 0 Å². The lowest BCUT2D eigenvalue weighted by atomic mass is 9.85. The summed E-state index contributed by atoms with van der Waals surface area (Å²) >= 11 is 0. The third kappa shape index (κ3) is 3.19. The van der Waals surface area contributed by atoms with Gasteiger partial charge in [-0.1, -0.05) is 6.92 Å². The lowest BCUT2D eigenvalue weighted by Crippen LogP contribution is -2.49. The minimum absolute atomic E-state index is 0.441. The highest BCUT2D eigenvalue weighted by Crippen LogP contribution is 2.26. The molecule has 2 heterocycles. The molecule has 2 unspecified atom stereocenters. The Labute approximate surface area is 98.9 Å². The molecule has 2 atom stereocenters. The van der Waals surface area contributed by atoms with Crippen LogP contribution in [-0.2, 0) is 9.47 Å². The third-order valence-corrected chi connectivity index (χ3v) is 3.83. The van der Waals surface area contributed by atoms with E-state index in [9.17, 15) is 0 Å². The fourth-order valence-electron chi connectivity index (χ4n) is 2.96. The van der Waals surface area contributed by atoms with Crippen LogP contribution in [-0.4, -0.2) is 38.5 Å². The second kappa shape index (κ2) is 6.58. The average molecular weight is 227 g/mol. The van der Waals surface area contributed by atoms with E-state index in [1.54, 1.807) is 0 Å². The van der Waals surface area contributed by atoms with Crippen molar-refractivity contribution >= 4 is 0 Å². The van der Waals surface area contributed by atoms with E-state index >= 15 is 0 Å². The Kier molecular flexibility index (Phi) is 5.07. The van der Waals surface area contributed by atoms with Crippen LogP contribution in [0.2, 0.25) is 0 Å². The van der Waals surface area contributed by atoms with Crippen LogP contribution in [0.1, 0.15) is 39.0 Å². The summed E-state index contributed by atoms with van der Waals surface area (Å²) in [6.07, 6.45) is 6.62. The van der Waals surface area contributed by atoms with Crippen molar-refractivity contribution in [2.24, 2.45) is 5.92 Å². The third-order valence-electron chi connectivity index (χ3n) is 3.83. The molecular formula is C13H25NO2. The maximum atomic E-state index is 5.94. The SMILES string of the molecule is CCNC(C1CCOCC1)C1CCCCO1. The molecule has 0 aromatic rings. The maximum absolute atomic E-state index is 5.94. The van der Waals surface area contributed by atoms with Gasteiger partial charge in [0.05, 0.1) is 6.10 Å². The Morgan fingerprint density at radius 3 is 2.56 bits per heavy atom. The first-order valence-electron chi connectivity index (χ1n) is 6.84. The minimum atomic E-state index is 0.441. The molecule has 1 N–H and O–H groups in total. The topological polar surface area (TPSA) is 30.5 Å². The summed E-state index contributed by atoms with van der Waals surface area (Å²) in [5, 5.41) is 3.64. The van der Waals surface area contributed by atoms with Crippen LogP contribution in [0.25, 0.3) is 0 Å². The Hall–Kier alpha value is -0.120. The number of hydrogen-bond acceptors (Lipinski definition) is 3. The normalized spacial score (nSPS) is 30.2. The highest BCUT2D eigenvalue weighted by atomic mass is 16.5. The number of likely N-dealkylation sites (N-methyl/N-ethyl adjacent to an activating group) is 1. The molecule has 2 aliphatic heterocycles. The quantitative estimate of drug-likeness (QED) is 0.796. The first-order chi connectivity index (χ1) is 7.92. The lowest BCUT2D eigenvalue weighted by molar-refractivity contribution is -0.0385. The second-order valence-electron chi connectivity index (χ2n) is 4.94.